The lowest BCUT2D eigenvalue weighted by molar-refractivity contribution is 0.0403. The van der Waals surface area contributed by atoms with Gasteiger partial charge in [0.15, 0.2) is 0 Å². The van der Waals surface area contributed by atoms with Crippen LogP contribution in [0.1, 0.15) is 0 Å². The highest BCUT2D eigenvalue weighted by Crippen LogP contribution is 2.35. The third-order valence-corrected chi connectivity index (χ3v) is 1.12. The molecular formula is C4H9NO6P. The lowest BCUT2D eigenvalue weighted by Gasteiger charge is -2.06. The number of amides is 1. The van der Waals surface area contributed by atoms with Gasteiger partial charge < -0.3 is 19.8 Å². The summed E-state index contributed by atoms with van der Waals surface area (Å²) in [5.74, 6) is 0. The van der Waals surface area contributed by atoms with E-state index in [2.05, 4.69) is 21.5 Å². The SMILES string of the molecule is [CH2]CNC(=O)OCOP(=O)(O)O. The molecule has 0 unspecified atom stereocenters. The van der Waals surface area contributed by atoms with Crippen LogP contribution in [0.25, 0.3) is 0 Å². The standard InChI is InChI=1S/C4H9NO6P/c1-2-5-4(6)10-3-11-12(7,8)9/h1-3H2,(H,5,6)(H2,7,8,9). The van der Waals surface area contributed by atoms with Crippen molar-refractivity contribution in [3.05, 3.63) is 6.92 Å². The molecule has 0 aliphatic rings. The molecule has 0 atom stereocenters. The van der Waals surface area contributed by atoms with Crippen molar-refractivity contribution in [3.63, 3.8) is 0 Å². The number of ether oxygens (including phenoxy) is 1. The van der Waals surface area contributed by atoms with Crippen molar-refractivity contribution in [3.8, 4) is 0 Å². The highest BCUT2D eigenvalue weighted by Gasteiger charge is 2.14. The van der Waals surface area contributed by atoms with Gasteiger partial charge in [-0.15, -0.1) is 0 Å². The van der Waals surface area contributed by atoms with Crippen LogP contribution in [0, 0.1) is 6.92 Å². The van der Waals surface area contributed by atoms with Gasteiger partial charge in [0.25, 0.3) is 0 Å². The van der Waals surface area contributed by atoms with Crippen molar-refractivity contribution >= 4 is 13.9 Å². The molecule has 0 bridgehead atoms. The highest BCUT2D eigenvalue weighted by atomic mass is 31.2. The molecule has 0 saturated heterocycles. The quantitative estimate of drug-likeness (QED) is 0.419. The van der Waals surface area contributed by atoms with Crippen LogP contribution in [0.4, 0.5) is 4.79 Å². The van der Waals surface area contributed by atoms with E-state index < -0.39 is 20.7 Å². The Morgan fingerprint density at radius 3 is 2.58 bits per heavy atom. The molecule has 7 nitrogen and oxygen atoms in total. The fourth-order valence-electron chi connectivity index (χ4n) is 0.302. The molecule has 0 aromatic carbocycles. The summed E-state index contributed by atoms with van der Waals surface area (Å²) >= 11 is 0. The summed E-state index contributed by atoms with van der Waals surface area (Å²) in [7, 11) is -4.56. The van der Waals surface area contributed by atoms with E-state index in [4.69, 9.17) is 9.79 Å². The minimum absolute atomic E-state index is 0.120. The number of carbonyl (C=O) groups excluding carboxylic acids is 1. The molecule has 0 spiro atoms. The van der Waals surface area contributed by atoms with Gasteiger partial charge in [-0.3, -0.25) is 0 Å². The monoisotopic (exact) mass is 198 g/mol. The number of phosphoric acid groups is 1. The Morgan fingerprint density at radius 1 is 1.58 bits per heavy atom. The molecule has 0 aliphatic carbocycles. The number of hydrogen-bond acceptors (Lipinski definition) is 4. The van der Waals surface area contributed by atoms with Crippen molar-refractivity contribution < 1.29 is 28.4 Å². The molecular weight excluding hydrogens is 189 g/mol. The molecule has 0 aromatic heterocycles. The van der Waals surface area contributed by atoms with Gasteiger partial charge in [-0.1, -0.05) is 0 Å². The maximum Gasteiger partial charge on any atom is 0.472 e. The van der Waals surface area contributed by atoms with E-state index in [0.29, 0.717) is 0 Å². The van der Waals surface area contributed by atoms with Crippen LogP contribution < -0.4 is 5.32 Å². The second kappa shape index (κ2) is 5.10. The molecule has 0 aliphatic heterocycles. The molecule has 0 aromatic rings. The first-order valence-electron chi connectivity index (χ1n) is 2.85. The number of hydrogen-bond donors (Lipinski definition) is 3. The summed E-state index contributed by atoms with van der Waals surface area (Å²) in [4.78, 5) is 26.7. The highest BCUT2D eigenvalue weighted by molar-refractivity contribution is 7.46. The molecule has 1 radical (unpaired) electrons. The Labute approximate surface area is 68.9 Å². The number of carbonyl (C=O) groups is 1. The van der Waals surface area contributed by atoms with Gasteiger partial charge in [-0.25, -0.2) is 13.9 Å². The Hall–Kier alpha value is -0.620. The smallest absolute Gasteiger partial charge is 0.422 e. The third-order valence-electron chi connectivity index (χ3n) is 0.680. The zero-order chi connectivity index (χ0) is 9.61. The first kappa shape index (κ1) is 11.4. The van der Waals surface area contributed by atoms with E-state index >= 15 is 0 Å². The fourth-order valence-corrected chi connectivity index (χ4v) is 0.492. The number of rotatable bonds is 4. The lowest BCUT2D eigenvalue weighted by Crippen LogP contribution is -2.24. The first-order chi connectivity index (χ1) is 5.45. The van der Waals surface area contributed by atoms with Gasteiger partial charge in [-0.05, 0) is 6.92 Å². The van der Waals surface area contributed by atoms with Crippen LogP contribution in [0.2, 0.25) is 0 Å². The Balaban J connectivity index is 3.44. The molecule has 3 N–H and O–H groups in total. The topological polar surface area (TPSA) is 105 Å². The summed E-state index contributed by atoms with van der Waals surface area (Å²) in [6, 6.07) is 0. The first-order valence-corrected chi connectivity index (χ1v) is 4.38. The molecule has 0 rings (SSSR count). The maximum absolute atomic E-state index is 10.4. The molecule has 8 heteroatoms. The molecule has 12 heavy (non-hydrogen) atoms. The van der Waals surface area contributed by atoms with Crippen molar-refractivity contribution in [2.75, 3.05) is 13.3 Å². The minimum Gasteiger partial charge on any atom is -0.422 e. The zero-order valence-electron chi connectivity index (χ0n) is 6.10. The van der Waals surface area contributed by atoms with Gasteiger partial charge in [-0.2, -0.15) is 0 Å². The van der Waals surface area contributed by atoms with Gasteiger partial charge in [0.1, 0.15) is 0 Å². The van der Waals surface area contributed by atoms with E-state index in [9.17, 15) is 9.36 Å². The second-order valence-corrected chi connectivity index (χ2v) is 2.84. The van der Waals surface area contributed by atoms with Gasteiger partial charge in [0.2, 0.25) is 6.79 Å². The Kier molecular flexibility index (Phi) is 4.84. The van der Waals surface area contributed by atoms with Crippen LogP contribution >= 0.6 is 7.82 Å². The van der Waals surface area contributed by atoms with E-state index in [1.165, 1.54) is 0 Å². The van der Waals surface area contributed by atoms with Crippen molar-refractivity contribution in [2.24, 2.45) is 0 Å². The van der Waals surface area contributed by atoms with Crippen molar-refractivity contribution in [1.82, 2.24) is 5.32 Å². The maximum atomic E-state index is 10.4. The third kappa shape index (κ3) is 7.49. The largest absolute Gasteiger partial charge is 0.472 e. The average molecular weight is 198 g/mol. The van der Waals surface area contributed by atoms with Crippen LogP contribution in [0.3, 0.4) is 0 Å². The van der Waals surface area contributed by atoms with E-state index in [0.717, 1.165) is 0 Å². The molecule has 1 amide bonds. The van der Waals surface area contributed by atoms with E-state index in [-0.39, 0.29) is 6.54 Å². The summed E-state index contributed by atoms with van der Waals surface area (Å²) in [5, 5.41) is 2.13. The predicted octanol–water partition coefficient (Wildman–Crippen LogP) is -0.387. The van der Waals surface area contributed by atoms with Crippen LogP contribution in [-0.4, -0.2) is 29.2 Å². The van der Waals surface area contributed by atoms with Gasteiger partial charge in [0, 0.05) is 6.54 Å². The van der Waals surface area contributed by atoms with Crippen molar-refractivity contribution in [2.45, 2.75) is 0 Å². The summed E-state index contributed by atoms with van der Waals surface area (Å²) in [5.41, 5.74) is 0. The normalized spacial score (nSPS) is 10.9. The van der Waals surface area contributed by atoms with Gasteiger partial charge in [0.05, 0.1) is 0 Å². The van der Waals surface area contributed by atoms with E-state index in [1.54, 1.807) is 0 Å². The number of phosphoric ester groups is 1. The van der Waals surface area contributed by atoms with Gasteiger partial charge >= 0.3 is 13.9 Å². The van der Waals surface area contributed by atoms with Crippen LogP contribution in [-0.2, 0) is 13.8 Å². The molecule has 71 valence electrons. The van der Waals surface area contributed by atoms with Crippen molar-refractivity contribution in [1.29, 1.82) is 0 Å². The van der Waals surface area contributed by atoms with Crippen LogP contribution in [0.5, 0.6) is 0 Å². The zero-order valence-corrected chi connectivity index (χ0v) is 6.99. The number of alkyl carbamates (subject to hydrolysis) is 1. The minimum atomic E-state index is -4.56. The van der Waals surface area contributed by atoms with E-state index in [1.807, 2.05) is 0 Å². The Bertz CT molecular complexity index is 188. The number of nitrogens with one attached hydrogen (secondary N) is 1. The molecule has 0 fully saturated rings. The summed E-state index contributed by atoms with van der Waals surface area (Å²) in [6.07, 6.45) is -0.849. The van der Waals surface area contributed by atoms with Crippen LogP contribution in [0.15, 0.2) is 0 Å². The predicted molar refractivity (Wildman–Crippen MR) is 37.8 cm³/mol. The molecule has 0 saturated carbocycles. The summed E-state index contributed by atoms with van der Waals surface area (Å²) < 4.78 is 18.0. The lowest BCUT2D eigenvalue weighted by atomic mass is 10.8. The second-order valence-electron chi connectivity index (χ2n) is 1.60. The average Bonchev–Trinajstić information content (AvgIpc) is 1.84. The Morgan fingerprint density at radius 2 is 2.17 bits per heavy atom. The molecule has 0 heterocycles. The summed E-state index contributed by atoms with van der Waals surface area (Å²) in [6.45, 7) is 2.60. The fraction of sp³-hybridized carbons (Fsp3) is 0.500.